The second-order valence-corrected chi connectivity index (χ2v) is 4.91. The van der Waals surface area contributed by atoms with Crippen LogP contribution in [0.1, 0.15) is 28.4 Å². The molecular formula is C16H15F3O. The third kappa shape index (κ3) is 2.85. The molecule has 2 aromatic rings. The summed E-state index contributed by atoms with van der Waals surface area (Å²) in [5.74, 6) is -4.14. The second-order valence-electron chi connectivity index (χ2n) is 4.91. The lowest BCUT2D eigenvalue weighted by atomic mass is 9.96. The fraction of sp³-hybridized carbons (Fsp3) is 0.250. The molecule has 1 atom stereocenters. The average molecular weight is 280 g/mol. The van der Waals surface area contributed by atoms with Crippen molar-refractivity contribution in [2.24, 2.45) is 0 Å². The van der Waals surface area contributed by atoms with Crippen molar-refractivity contribution < 1.29 is 18.3 Å². The van der Waals surface area contributed by atoms with Gasteiger partial charge in [-0.2, -0.15) is 0 Å². The molecule has 0 heterocycles. The van der Waals surface area contributed by atoms with E-state index in [0.717, 1.165) is 28.8 Å². The molecule has 2 rings (SSSR count). The molecule has 4 heteroatoms. The van der Waals surface area contributed by atoms with E-state index < -0.39 is 23.6 Å². The van der Waals surface area contributed by atoms with Crippen LogP contribution in [0.5, 0.6) is 0 Å². The minimum absolute atomic E-state index is 0.148. The number of hydrogen-bond acceptors (Lipinski definition) is 1. The van der Waals surface area contributed by atoms with Gasteiger partial charge in [-0.3, -0.25) is 0 Å². The maximum Gasteiger partial charge on any atom is 0.194 e. The minimum atomic E-state index is -1.55. The van der Waals surface area contributed by atoms with Crippen molar-refractivity contribution in [3.8, 4) is 0 Å². The number of benzene rings is 2. The Labute approximate surface area is 115 Å². The number of aryl methyl sites for hydroxylation is 2. The molecule has 0 amide bonds. The van der Waals surface area contributed by atoms with Crippen molar-refractivity contribution >= 4 is 0 Å². The molecule has 1 unspecified atom stereocenters. The van der Waals surface area contributed by atoms with Gasteiger partial charge in [0.25, 0.3) is 0 Å². The molecule has 1 nitrogen and oxygen atoms in total. The minimum Gasteiger partial charge on any atom is -0.388 e. The van der Waals surface area contributed by atoms with Gasteiger partial charge in [-0.25, -0.2) is 13.2 Å². The van der Waals surface area contributed by atoms with Crippen molar-refractivity contribution in [2.45, 2.75) is 26.4 Å². The zero-order valence-electron chi connectivity index (χ0n) is 11.3. The fourth-order valence-electron chi connectivity index (χ4n) is 2.14. The Morgan fingerprint density at radius 3 is 2.40 bits per heavy atom. The van der Waals surface area contributed by atoms with Crippen molar-refractivity contribution in [2.75, 3.05) is 0 Å². The third-order valence-corrected chi connectivity index (χ3v) is 3.34. The first-order valence-electron chi connectivity index (χ1n) is 6.27. The van der Waals surface area contributed by atoms with Gasteiger partial charge >= 0.3 is 0 Å². The van der Waals surface area contributed by atoms with E-state index in [1.165, 1.54) is 0 Å². The summed E-state index contributed by atoms with van der Waals surface area (Å²) < 4.78 is 39.7. The summed E-state index contributed by atoms with van der Waals surface area (Å²) in [5, 5.41) is 10.1. The fourth-order valence-corrected chi connectivity index (χ4v) is 2.14. The maximum absolute atomic E-state index is 13.6. The second kappa shape index (κ2) is 5.67. The van der Waals surface area contributed by atoms with Crippen LogP contribution in [-0.2, 0) is 6.42 Å². The van der Waals surface area contributed by atoms with E-state index in [1.54, 1.807) is 0 Å². The molecule has 0 aliphatic carbocycles. The topological polar surface area (TPSA) is 20.2 Å². The van der Waals surface area contributed by atoms with Crippen LogP contribution in [0.2, 0.25) is 0 Å². The molecule has 0 fully saturated rings. The van der Waals surface area contributed by atoms with Gasteiger partial charge in [0.15, 0.2) is 17.5 Å². The van der Waals surface area contributed by atoms with E-state index in [1.807, 2.05) is 32.0 Å². The van der Waals surface area contributed by atoms with E-state index in [-0.39, 0.29) is 12.0 Å². The first kappa shape index (κ1) is 14.6. The molecule has 20 heavy (non-hydrogen) atoms. The number of aliphatic hydroxyl groups excluding tert-OH is 1. The molecule has 0 spiro atoms. The molecule has 0 radical (unpaired) electrons. The van der Waals surface area contributed by atoms with Crippen LogP contribution in [0.15, 0.2) is 30.3 Å². The average Bonchev–Trinajstić information content (AvgIpc) is 2.40. The lowest BCUT2D eigenvalue weighted by Crippen LogP contribution is -2.08. The van der Waals surface area contributed by atoms with Gasteiger partial charge in [-0.05, 0) is 31.0 Å². The Hall–Kier alpha value is -1.81. The summed E-state index contributed by atoms with van der Waals surface area (Å²) in [6.45, 7) is 3.79. The Kier molecular flexibility index (Phi) is 4.14. The van der Waals surface area contributed by atoms with Gasteiger partial charge in [0.1, 0.15) is 0 Å². The van der Waals surface area contributed by atoms with Gasteiger partial charge in [0, 0.05) is 12.0 Å². The third-order valence-electron chi connectivity index (χ3n) is 3.34. The van der Waals surface area contributed by atoms with Gasteiger partial charge in [-0.15, -0.1) is 0 Å². The first-order valence-corrected chi connectivity index (χ1v) is 6.27. The van der Waals surface area contributed by atoms with Crippen LogP contribution in [0, 0.1) is 31.3 Å². The van der Waals surface area contributed by atoms with Crippen LogP contribution in [0.25, 0.3) is 0 Å². The summed E-state index contributed by atoms with van der Waals surface area (Å²) in [5.41, 5.74) is 2.59. The van der Waals surface area contributed by atoms with E-state index in [0.29, 0.717) is 0 Å². The zero-order chi connectivity index (χ0) is 14.9. The van der Waals surface area contributed by atoms with Gasteiger partial charge in [0.2, 0.25) is 0 Å². The van der Waals surface area contributed by atoms with Gasteiger partial charge < -0.3 is 5.11 Å². The van der Waals surface area contributed by atoms with Crippen LogP contribution >= 0.6 is 0 Å². The predicted molar refractivity (Wildman–Crippen MR) is 70.9 cm³/mol. The largest absolute Gasteiger partial charge is 0.388 e. The monoisotopic (exact) mass is 280 g/mol. The molecule has 0 aromatic heterocycles. The first-order chi connectivity index (χ1) is 9.40. The Balaban J connectivity index is 2.31. The molecule has 0 saturated carbocycles. The van der Waals surface area contributed by atoms with E-state index >= 15 is 0 Å². The molecule has 0 aliphatic heterocycles. The number of aliphatic hydroxyl groups is 1. The predicted octanol–water partition coefficient (Wildman–Crippen LogP) is 4.00. The van der Waals surface area contributed by atoms with E-state index in [9.17, 15) is 18.3 Å². The van der Waals surface area contributed by atoms with E-state index in [2.05, 4.69) is 0 Å². The number of hydrogen-bond donors (Lipinski definition) is 1. The Bertz CT molecular complexity index is 638. The molecule has 0 saturated heterocycles. The molecular weight excluding hydrogens is 265 g/mol. The normalized spacial score (nSPS) is 12.5. The Morgan fingerprint density at radius 1 is 1.00 bits per heavy atom. The highest BCUT2D eigenvalue weighted by atomic mass is 19.2. The molecule has 2 aromatic carbocycles. The van der Waals surface area contributed by atoms with Crippen LogP contribution < -0.4 is 0 Å². The molecule has 106 valence electrons. The summed E-state index contributed by atoms with van der Waals surface area (Å²) in [6.07, 6.45) is -1.07. The van der Waals surface area contributed by atoms with Crippen molar-refractivity contribution in [3.05, 3.63) is 70.0 Å². The summed E-state index contributed by atoms with van der Waals surface area (Å²) >= 11 is 0. The summed E-state index contributed by atoms with van der Waals surface area (Å²) in [6, 6.07) is 7.61. The van der Waals surface area contributed by atoms with Gasteiger partial charge in [0.05, 0.1) is 6.10 Å². The summed E-state index contributed by atoms with van der Waals surface area (Å²) in [7, 11) is 0. The smallest absolute Gasteiger partial charge is 0.194 e. The van der Waals surface area contributed by atoms with E-state index in [4.69, 9.17) is 0 Å². The lowest BCUT2D eigenvalue weighted by Gasteiger charge is -2.14. The van der Waals surface area contributed by atoms with Gasteiger partial charge in [-0.1, -0.05) is 29.8 Å². The molecule has 0 bridgehead atoms. The SMILES string of the molecule is Cc1ccc(C)c(CC(O)c2ccc(F)c(F)c2F)c1. The maximum atomic E-state index is 13.6. The quantitative estimate of drug-likeness (QED) is 0.843. The lowest BCUT2D eigenvalue weighted by molar-refractivity contribution is 0.171. The Morgan fingerprint density at radius 2 is 1.70 bits per heavy atom. The van der Waals surface area contributed by atoms with Crippen LogP contribution in [-0.4, -0.2) is 5.11 Å². The highest BCUT2D eigenvalue weighted by Gasteiger charge is 2.19. The van der Waals surface area contributed by atoms with Crippen molar-refractivity contribution in [3.63, 3.8) is 0 Å². The van der Waals surface area contributed by atoms with Crippen molar-refractivity contribution in [1.29, 1.82) is 0 Å². The highest BCUT2D eigenvalue weighted by molar-refractivity contribution is 5.32. The number of rotatable bonds is 3. The summed E-state index contributed by atoms with van der Waals surface area (Å²) in [4.78, 5) is 0. The molecule has 0 aliphatic rings. The zero-order valence-corrected chi connectivity index (χ0v) is 11.3. The molecule has 1 N–H and O–H groups in total. The standard InChI is InChI=1S/C16H15F3O/c1-9-3-4-10(2)11(7-9)8-14(20)12-5-6-13(17)16(19)15(12)18/h3-7,14,20H,8H2,1-2H3. The number of halogens is 3. The highest BCUT2D eigenvalue weighted by Crippen LogP contribution is 2.25. The van der Waals surface area contributed by atoms with Crippen LogP contribution in [0.3, 0.4) is 0 Å². The van der Waals surface area contributed by atoms with Crippen molar-refractivity contribution in [1.82, 2.24) is 0 Å². The van der Waals surface area contributed by atoms with Crippen LogP contribution in [0.4, 0.5) is 13.2 Å².